The molecular weight excluding hydrogens is 256 g/mol. The van der Waals surface area contributed by atoms with Crippen LogP contribution in [0.5, 0.6) is 5.75 Å². The molecule has 20 heavy (non-hydrogen) atoms. The Morgan fingerprint density at radius 3 is 2.55 bits per heavy atom. The fraction of sp³-hybridized carbons (Fsp3) is 0.600. The maximum absolute atomic E-state index is 10.9. The van der Waals surface area contributed by atoms with Gasteiger partial charge in [0.05, 0.1) is 12.0 Å². The van der Waals surface area contributed by atoms with Crippen LogP contribution in [0.15, 0.2) is 18.2 Å². The van der Waals surface area contributed by atoms with E-state index in [4.69, 9.17) is 4.74 Å². The predicted molar refractivity (Wildman–Crippen MR) is 79.3 cm³/mol. The largest absolute Gasteiger partial charge is 0.490 e. The van der Waals surface area contributed by atoms with Crippen LogP contribution in [0.2, 0.25) is 0 Å². The lowest BCUT2D eigenvalue weighted by Gasteiger charge is -2.35. The molecule has 1 aliphatic carbocycles. The highest BCUT2D eigenvalue weighted by molar-refractivity contribution is 5.58. The van der Waals surface area contributed by atoms with Crippen LogP contribution in [-0.2, 0) is 0 Å². The molecule has 0 spiro atoms. The van der Waals surface area contributed by atoms with E-state index in [0.717, 1.165) is 18.5 Å². The maximum atomic E-state index is 10.9. The zero-order valence-electron chi connectivity index (χ0n) is 12.3. The first-order valence-corrected chi connectivity index (χ1v) is 7.00. The van der Waals surface area contributed by atoms with E-state index in [1.807, 2.05) is 0 Å². The minimum absolute atomic E-state index is 0.00262. The average Bonchev–Trinajstić information content (AvgIpc) is 2.40. The lowest BCUT2D eigenvalue weighted by atomic mass is 9.75. The summed E-state index contributed by atoms with van der Waals surface area (Å²) in [6, 6.07) is 5.39. The average molecular weight is 278 g/mol. The number of benzene rings is 1. The van der Waals surface area contributed by atoms with Gasteiger partial charge in [-0.15, -0.1) is 0 Å². The number of nitrogens with zero attached hydrogens (tertiary/aromatic N) is 1. The van der Waals surface area contributed by atoms with Gasteiger partial charge in [-0.05, 0) is 37.2 Å². The summed E-state index contributed by atoms with van der Waals surface area (Å²) in [6.07, 6.45) is 4.67. The van der Waals surface area contributed by atoms with Crippen molar-refractivity contribution in [3.63, 3.8) is 0 Å². The summed E-state index contributed by atoms with van der Waals surface area (Å²) in [4.78, 5) is 10.4. The third-order valence-corrected chi connectivity index (χ3v) is 4.09. The maximum Gasteiger partial charge on any atom is 0.311 e. The van der Waals surface area contributed by atoms with E-state index in [9.17, 15) is 10.1 Å². The molecule has 0 atom stereocenters. The number of rotatable bonds is 4. The van der Waals surface area contributed by atoms with Gasteiger partial charge in [-0.25, -0.2) is 0 Å². The standard InChI is InChI=1S/C15H22N2O3/c1-15(2)8-6-11(7-9-15)16-12-4-5-13(17(18)19)14(10-12)20-3/h4-5,10-11,16H,6-9H2,1-3H3. The molecule has 110 valence electrons. The molecule has 5 heteroatoms. The van der Waals surface area contributed by atoms with Crippen molar-refractivity contribution in [3.05, 3.63) is 28.3 Å². The minimum atomic E-state index is -0.425. The van der Waals surface area contributed by atoms with Crippen molar-refractivity contribution in [1.82, 2.24) is 0 Å². The summed E-state index contributed by atoms with van der Waals surface area (Å²) in [5, 5.41) is 14.3. The van der Waals surface area contributed by atoms with Crippen molar-refractivity contribution in [2.24, 2.45) is 5.41 Å². The molecule has 1 fully saturated rings. The quantitative estimate of drug-likeness (QED) is 0.668. The van der Waals surface area contributed by atoms with E-state index in [1.54, 1.807) is 12.1 Å². The van der Waals surface area contributed by atoms with Crippen molar-refractivity contribution < 1.29 is 9.66 Å². The van der Waals surface area contributed by atoms with Gasteiger partial charge in [0, 0.05) is 23.9 Å². The molecule has 1 aromatic carbocycles. The van der Waals surface area contributed by atoms with Gasteiger partial charge >= 0.3 is 5.69 Å². The van der Waals surface area contributed by atoms with E-state index >= 15 is 0 Å². The first-order valence-electron chi connectivity index (χ1n) is 7.00. The monoisotopic (exact) mass is 278 g/mol. The third kappa shape index (κ3) is 3.40. The van der Waals surface area contributed by atoms with Gasteiger partial charge in [0.1, 0.15) is 0 Å². The van der Waals surface area contributed by atoms with E-state index < -0.39 is 4.92 Å². The number of hydrogen-bond donors (Lipinski definition) is 1. The van der Waals surface area contributed by atoms with Crippen LogP contribution < -0.4 is 10.1 Å². The van der Waals surface area contributed by atoms with Crippen LogP contribution >= 0.6 is 0 Å². The Labute approximate surface area is 119 Å². The highest BCUT2D eigenvalue weighted by atomic mass is 16.6. The lowest BCUT2D eigenvalue weighted by Crippen LogP contribution is -2.29. The van der Waals surface area contributed by atoms with E-state index in [1.165, 1.54) is 26.0 Å². The summed E-state index contributed by atoms with van der Waals surface area (Å²) < 4.78 is 5.09. The Hall–Kier alpha value is -1.78. The summed E-state index contributed by atoms with van der Waals surface area (Å²) >= 11 is 0. The Kier molecular flexibility index (Phi) is 4.16. The zero-order chi connectivity index (χ0) is 14.8. The van der Waals surface area contributed by atoms with Crippen molar-refractivity contribution in [2.45, 2.75) is 45.6 Å². The first kappa shape index (κ1) is 14.6. The zero-order valence-corrected chi connectivity index (χ0v) is 12.3. The minimum Gasteiger partial charge on any atom is -0.490 e. The van der Waals surface area contributed by atoms with Crippen LogP contribution in [0.25, 0.3) is 0 Å². The van der Waals surface area contributed by atoms with Crippen molar-refractivity contribution in [3.8, 4) is 5.75 Å². The van der Waals surface area contributed by atoms with E-state index in [0.29, 0.717) is 17.2 Å². The molecule has 0 radical (unpaired) electrons. The van der Waals surface area contributed by atoms with Crippen molar-refractivity contribution in [2.75, 3.05) is 12.4 Å². The number of nitro benzene ring substituents is 1. The second-order valence-electron chi connectivity index (χ2n) is 6.23. The number of ether oxygens (including phenoxy) is 1. The summed E-state index contributed by atoms with van der Waals surface area (Å²) in [7, 11) is 1.45. The predicted octanol–water partition coefficient (Wildman–Crippen LogP) is 3.98. The molecule has 1 aliphatic rings. The Morgan fingerprint density at radius 1 is 1.35 bits per heavy atom. The van der Waals surface area contributed by atoms with Crippen molar-refractivity contribution >= 4 is 11.4 Å². The summed E-state index contributed by atoms with van der Waals surface area (Å²) in [6.45, 7) is 4.61. The fourth-order valence-corrected chi connectivity index (χ4v) is 2.70. The van der Waals surface area contributed by atoms with E-state index in [-0.39, 0.29) is 5.69 Å². The van der Waals surface area contributed by atoms with Gasteiger partial charge < -0.3 is 10.1 Å². The van der Waals surface area contributed by atoms with Crippen LogP contribution in [0.3, 0.4) is 0 Å². The SMILES string of the molecule is COc1cc(NC2CCC(C)(C)CC2)ccc1[N+](=O)[O-]. The van der Waals surface area contributed by atoms with Gasteiger partial charge in [0.15, 0.2) is 5.75 Å². The molecule has 0 amide bonds. The highest BCUT2D eigenvalue weighted by Gasteiger charge is 2.27. The van der Waals surface area contributed by atoms with Gasteiger partial charge in [0.2, 0.25) is 0 Å². The Morgan fingerprint density at radius 2 is 2.00 bits per heavy atom. The number of anilines is 1. The molecule has 5 nitrogen and oxygen atoms in total. The molecule has 2 rings (SSSR count). The second kappa shape index (κ2) is 5.69. The van der Waals surface area contributed by atoms with Gasteiger partial charge in [0.25, 0.3) is 0 Å². The van der Waals surface area contributed by atoms with Crippen molar-refractivity contribution in [1.29, 1.82) is 0 Å². The van der Waals surface area contributed by atoms with Crippen LogP contribution in [-0.4, -0.2) is 18.1 Å². The number of nitrogens with one attached hydrogen (secondary N) is 1. The second-order valence-corrected chi connectivity index (χ2v) is 6.23. The first-order chi connectivity index (χ1) is 9.41. The summed E-state index contributed by atoms with van der Waals surface area (Å²) in [5.74, 6) is 0.302. The topological polar surface area (TPSA) is 64.4 Å². The molecule has 0 bridgehead atoms. The molecule has 0 heterocycles. The molecule has 0 unspecified atom stereocenters. The smallest absolute Gasteiger partial charge is 0.311 e. The molecule has 1 N–H and O–H groups in total. The molecule has 0 aliphatic heterocycles. The lowest BCUT2D eigenvalue weighted by molar-refractivity contribution is -0.385. The Balaban J connectivity index is 2.05. The molecular formula is C15H22N2O3. The number of methoxy groups -OCH3 is 1. The molecule has 0 aromatic heterocycles. The summed E-state index contributed by atoms with van der Waals surface area (Å²) in [5.41, 5.74) is 1.32. The highest BCUT2D eigenvalue weighted by Crippen LogP contribution is 2.37. The van der Waals surface area contributed by atoms with Crippen LogP contribution in [0.4, 0.5) is 11.4 Å². The van der Waals surface area contributed by atoms with E-state index in [2.05, 4.69) is 19.2 Å². The molecule has 0 saturated heterocycles. The fourth-order valence-electron chi connectivity index (χ4n) is 2.70. The van der Waals surface area contributed by atoms with Gasteiger partial charge in [-0.1, -0.05) is 13.8 Å². The van der Waals surface area contributed by atoms with Gasteiger partial charge in [-0.3, -0.25) is 10.1 Å². The van der Waals surface area contributed by atoms with Gasteiger partial charge in [-0.2, -0.15) is 0 Å². The normalized spacial score (nSPS) is 18.6. The number of hydrogen-bond acceptors (Lipinski definition) is 4. The molecule has 1 saturated carbocycles. The van der Waals surface area contributed by atoms with Crippen LogP contribution in [0.1, 0.15) is 39.5 Å². The van der Waals surface area contributed by atoms with Crippen LogP contribution in [0, 0.1) is 15.5 Å². The third-order valence-electron chi connectivity index (χ3n) is 4.09. The Bertz CT molecular complexity index is 490. The molecule has 1 aromatic rings. The number of nitro groups is 1.